The Morgan fingerprint density at radius 3 is 3.06 bits per heavy atom. The molecule has 0 spiro atoms. The zero-order valence-electron chi connectivity index (χ0n) is 11.1. The van der Waals surface area contributed by atoms with Crippen molar-refractivity contribution in [3.05, 3.63) is 28.2 Å². The van der Waals surface area contributed by atoms with E-state index >= 15 is 0 Å². The molecule has 18 heavy (non-hydrogen) atoms. The fourth-order valence-corrected chi connectivity index (χ4v) is 2.61. The lowest BCUT2D eigenvalue weighted by Crippen LogP contribution is -2.40. The maximum atomic E-state index is 5.72. The summed E-state index contributed by atoms with van der Waals surface area (Å²) in [6, 6.07) is 6.41. The van der Waals surface area contributed by atoms with Crippen LogP contribution in [0, 0.1) is 6.92 Å². The summed E-state index contributed by atoms with van der Waals surface area (Å²) in [5.74, 6) is 0. The Balaban J connectivity index is 1.90. The van der Waals surface area contributed by atoms with Gasteiger partial charge in [-0.2, -0.15) is 0 Å². The first kappa shape index (κ1) is 13.8. The summed E-state index contributed by atoms with van der Waals surface area (Å²) < 4.78 is 6.85. The Hall–Kier alpha value is -0.580. The van der Waals surface area contributed by atoms with Crippen molar-refractivity contribution < 1.29 is 4.74 Å². The van der Waals surface area contributed by atoms with Gasteiger partial charge in [0.05, 0.1) is 12.7 Å². The van der Waals surface area contributed by atoms with Gasteiger partial charge in [0, 0.05) is 36.8 Å². The van der Waals surface area contributed by atoms with Crippen LogP contribution >= 0.6 is 15.9 Å². The minimum Gasteiger partial charge on any atom is -0.376 e. The van der Waals surface area contributed by atoms with Crippen LogP contribution in [0.3, 0.4) is 0 Å². The number of rotatable bonds is 4. The standard InChI is InChI=1S/C14H21BrN2O/c1-11-3-4-12(15)9-14(11)17(2)7-5-13-10-16-6-8-18-13/h3-4,9,13,16H,5-8,10H2,1-2H3. The number of halogens is 1. The molecule has 0 bridgehead atoms. The van der Waals surface area contributed by atoms with Gasteiger partial charge in [0.2, 0.25) is 0 Å². The van der Waals surface area contributed by atoms with E-state index < -0.39 is 0 Å². The average Bonchev–Trinajstić information content (AvgIpc) is 2.40. The molecule has 0 aliphatic carbocycles. The molecule has 0 radical (unpaired) electrons. The molecule has 1 atom stereocenters. The first-order valence-electron chi connectivity index (χ1n) is 6.46. The van der Waals surface area contributed by atoms with E-state index in [2.05, 4.69) is 58.3 Å². The molecule has 100 valence electrons. The smallest absolute Gasteiger partial charge is 0.0716 e. The van der Waals surface area contributed by atoms with Crippen molar-refractivity contribution in [3.8, 4) is 0 Å². The highest BCUT2D eigenvalue weighted by Gasteiger charge is 2.14. The Labute approximate surface area is 118 Å². The summed E-state index contributed by atoms with van der Waals surface area (Å²) in [6.07, 6.45) is 1.42. The molecule has 1 aromatic rings. The first-order chi connectivity index (χ1) is 8.66. The molecule has 2 rings (SSSR count). The fourth-order valence-electron chi connectivity index (χ4n) is 2.26. The van der Waals surface area contributed by atoms with E-state index in [1.807, 2.05) is 0 Å². The summed E-state index contributed by atoms with van der Waals surface area (Å²) in [6.45, 7) is 5.97. The maximum Gasteiger partial charge on any atom is 0.0716 e. The van der Waals surface area contributed by atoms with Crippen molar-refractivity contribution in [1.82, 2.24) is 5.32 Å². The van der Waals surface area contributed by atoms with Gasteiger partial charge in [-0.3, -0.25) is 0 Å². The van der Waals surface area contributed by atoms with E-state index in [9.17, 15) is 0 Å². The van der Waals surface area contributed by atoms with Crippen LogP contribution in [0.4, 0.5) is 5.69 Å². The Morgan fingerprint density at radius 2 is 2.33 bits per heavy atom. The topological polar surface area (TPSA) is 24.5 Å². The van der Waals surface area contributed by atoms with E-state index in [-0.39, 0.29) is 0 Å². The summed E-state index contributed by atoms with van der Waals surface area (Å²) >= 11 is 3.53. The van der Waals surface area contributed by atoms with Crippen molar-refractivity contribution in [2.24, 2.45) is 0 Å². The first-order valence-corrected chi connectivity index (χ1v) is 7.26. The van der Waals surface area contributed by atoms with E-state index in [4.69, 9.17) is 4.74 Å². The van der Waals surface area contributed by atoms with Gasteiger partial charge < -0.3 is 15.0 Å². The Morgan fingerprint density at radius 1 is 1.50 bits per heavy atom. The third-order valence-corrected chi connectivity index (χ3v) is 3.87. The van der Waals surface area contributed by atoms with Gasteiger partial charge in [-0.25, -0.2) is 0 Å². The molecule has 1 fully saturated rings. The lowest BCUT2D eigenvalue weighted by Gasteiger charge is -2.27. The number of hydrogen-bond acceptors (Lipinski definition) is 3. The van der Waals surface area contributed by atoms with Gasteiger partial charge in [0.15, 0.2) is 0 Å². The normalized spacial score (nSPS) is 19.8. The number of ether oxygens (including phenoxy) is 1. The third kappa shape index (κ3) is 3.70. The highest BCUT2D eigenvalue weighted by atomic mass is 79.9. The number of benzene rings is 1. The van der Waals surface area contributed by atoms with Crippen molar-refractivity contribution in [2.75, 3.05) is 38.2 Å². The van der Waals surface area contributed by atoms with Crippen molar-refractivity contribution >= 4 is 21.6 Å². The molecular weight excluding hydrogens is 292 g/mol. The molecule has 1 saturated heterocycles. The van der Waals surface area contributed by atoms with Crippen LogP contribution in [-0.4, -0.2) is 39.4 Å². The molecule has 0 saturated carbocycles. The minimum atomic E-state index is 0.355. The predicted molar refractivity (Wildman–Crippen MR) is 79.4 cm³/mol. The lowest BCUT2D eigenvalue weighted by atomic mass is 10.1. The molecule has 1 aromatic carbocycles. The number of hydrogen-bond donors (Lipinski definition) is 1. The molecule has 4 heteroatoms. The number of nitrogens with one attached hydrogen (secondary N) is 1. The second kappa shape index (κ2) is 6.55. The largest absolute Gasteiger partial charge is 0.376 e. The highest BCUT2D eigenvalue weighted by molar-refractivity contribution is 9.10. The molecule has 3 nitrogen and oxygen atoms in total. The van der Waals surface area contributed by atoms with Crippen LogP contribution in [0.15, 0.2) is 22.7 Å². The molecule has 1 aliphatic heterocycles. The molecule has 0 aromatic heterocycles. The number of morpholine rings is 1. The van der Waals surface area contributed by atoms with Crippen LogP contribution in [0.25, 0.3) is 0 Å². The van der Waals surface area contributed by atoms with Gasteiger partial charge in [-0.1, -0.05) is 22.0 Å². The molecule has 1 N–H and O–H groups in total. The average molecular weight is 313 g/mol. The Bertz CT molecular complexity index is 391. The summed E-state index contributed by atoms with van der Waals surface area (Å²) in [5, 5.41) is 3.37. The van der Waals surface area contributed by atoms with Gasteiger partial charge in [0.25, 0.3) is 0 Å². The van der Waals surface area contributed by atoms with Crippen LogP contribution in [0.1, 0.15) is 12.0 Å². The van der Waals surface area contributed by atoms with Gasteiger partial charge >= 0.3 is 0 Å². The molecule has 1 unspecified atom stereocenters. The molecular formula is C14H21BrN2O. The number of anilines is 1. The molecule has 1 heterocycles. The van der Waals surface area contributed by atoms with E-state index in [0.717, 1.165) is 37.1 Å². The lowest BCUT2D eigenvalue weighted by molar-refractivity contribution is 0.0250. The molecule has 1 aliphatic rings. The molecule has 0 amide bonds. The van der Waals surface area contributed by atoms with Crippen molar-refractivity contribution in [2.45, 2.75) is 19.4 Å². The zero-order chi connectivity index (χ0) is 13.0. The van der Waals surface area contributed by atoms with E-state index in [1.54, 1.807) is 0 Å². The SMILES string of the molecule is Cc1ccc(Br)cc1N(C)CCC1CNCCO1. The van der Waals surface area contributed by atoms with Crippen LogP contribution in [0.2, 0.25) is 0 Å². The Kier molecular flexibility index (Phi) is 5.03. The van der Waals surface area contributed by atoms with Crippen LogP contribution in [0.5, 0.6) is 0 Å². The maximum absolute atomic E-state index is 5.72. The van der Waals surface area contributed by atoms with Crippen molar-refractivity contribution in [1.29, 1.82) is 0 Å². The highest BCUT2D eigenvalue weighted by Crippen LogP contribution is 2.24. The quantitative estimate of drug-likeness (QED) is 0.925. The van der Waals surface area contributed by atoms with Gasteiger partial charge in [0.1, 0.15) is 0 Å². The van der Waals surface area contributed by atoms with Gasteiger partial charge in [-0.15, -0.1) is 0 Å². The van der Waals surface area contributed by atoms with Gasteiger partial charge in [-0.05, 0) is 31.0 Å². The van der Waals surface area contributed by atoms with Crippen LogP contribution in [-0.2, 0) is 4.74 Å². The van der Waals surface area contributed by atoms with Crippen molar-refractivity contribution in [3.63, 3.8) is 0 Å². The number of aryl methyl sites for hydroxylation is 1. The fraction of sp³-hybridized carbons (Fsp3) is 0.571. The predicted octanol–water partition coefficient (Wildman–Crippen LogP) is 2.57. The minimum absolute atomic E-state index is 0.355. The second-order valence-electron chi connectivity index (χ2n) is 4.84. The summed E-state index contributed by atoms with van der Waals surface area (Å²) in [5.41, 5.74) is 2.59. The zero-order valence-corrected chi connectivity index (χ0v) is 12.7. The summed E-state index contributed by atoms with van der Waals surface area (Å²) in [4.78, 5) is 2.30. The van der Waals surface area contributed by atoms with Crippen LogP contribution < -0.4 is 10.2 Å². The van der Waals surface area contributed by atoms with E-state index in [1.165, 1.54) is 11.3 Å². The number of nitrogens with zero attached hydrogens (tertiary/aromatic N) is 1. The monoisotopic (exact) mass is 312 g/mol. The third-order valence-electron chi connectivity index (χ3n) is 3.37. The van der Waals surface area contributed by atoms with E-state index in [0.29, 0.717) is 6.10 Å². The summed E-state index contributed by atoms with van der Waals surface area (Å²) in [7, 11) is 2.14. The second-order valence-corrected chi connectivity index (χ2v) is 5.75.